The Morgan fingerprint density at radius 3 is 2.94 bits per heavy atom. The largest absolute Gasteiger partial charge is 0.398 e. The summed E-state index contributed by atoms with van der Waals surface area (Å²) < 4.78 is 1.13. The fourth-order valence-corrected chi connectivity index (χ4v) is 2.66. The lowest BCUT2D eigenvalue weighted by Gasteiger charge is -1.98. The normalized spacial score (nSPS) is 11.4. The van der Waals surface area contributed by atoms with E-state index in [1.165, 1.54) is 0 Å². The highest BCUT2D eigenvalue weighted by atomic mass is 127. The summed E-state index contributed by atoms with van der Waals surface area (Å²) in [5.41, 5.74) is 9.97. The number of pyridine rings is 1. The van der Waals surface area contributed by atoms with Gasteiger partial charge in [0.2, 0.25) is 0 Å². The molecule has 16 heavy (non-hydrogen) atoms. The molecule has 0 bridgehead atoms. The number of halogens is 1. The highest BCUT2D eigenvalue weighted by molar-refractivity contribution is 14.1. The molecule has 0 fully saturated rings. The summed E-state index contributed by atoms with van der Waals surface area (Å²) in [5, 5.41) is 2.18. The van der Waals surface area contributed by atoms with Gasteiger partial charge >= 0.3 is 0 Å². The Hall–Kier alpha value is -1.30. The molecule has 0 aliphatic heterocycles. The van der Waals surface area contributed by atoms with Crippen molar-refractivity contribution in [1.82, 2.24) is 9.97 Å². The third kappa shape index (κ3) is 1.36. The first kappa shape index (κ1) is 9.89. The number of aromatic nitrogens is 2. The number of aromatic amines is 1. The number of benzene rings is 1. The first-order valence-electron chi connectivity index (χ1n) is 4.98. The van der Waals surface area contributed by atoms with E-state index in [0.717, 1.165) is 36.8 Å². The number of nitrogens with one attached hydrogen (secondary N) is 1. The van der Waals surface area contributed by atoms with Crippen molar-refractivity contribution in [3.63, 3.8) is 0 Å². The van der Waals surface area contributed by atoms with Crippen molar-refractivity contribution in [2.75, 3.05) is 5.73 Å². The lowest BCUT2D eigenvalue weighted by molar-refractivity contribution is 1.30. The minimum Gasteiger partial charge on any atom is -0.398 e. The Morgan fingerprint density at radius 1 is 1.31 bits per heavy atom. The van der Waals surface area contributed by atoms with Crippen molar-refractivity contribution in [3.05, 3.63) is 33.5 Å². The number of nitrogens with zero attached hydrogens (tertiary/aromatic N) is 1. The molecule has 0 spiro atoms. The quantitative estimate of drug-likeness (QED) is 0.493. The van der Waals surface area contributed by atoms with Gasteiger partial charge < -0.3 is 10.7 Å². The van der Waals surface area contributed by atoms with Crippen molar-refractivity contribution in [2.45, 2.75) is 6.92 Å². The van der Waals surface area contributed by atoms with Gasteiger partial charge in [0.15, 0.2) is 0 Å². The number of aryl methyl sites for hydroxylation is 1. The molecule has 80 valence electrons. The molecule has 0 amide bonds. The smallest absolute Gasteiger partial charge is 0.138 e. The van der Waals surface area contributed by atoms with Gasteiger partial charge in [-0.3, -0.25) is 0 Å². The molecule has 2 aromatic heterocycles. The molecule has 0 radical (unpaired) electrons. The number of H-pyrrole nitrogens is 1. The molecule has 3 nitrogen and oxygen atoms in total. The lowest BCUT2D eigenvalue weighted by atomic mass is 10.1. The van der Waals surface area contributed by atoms with Gasteiger partial charge in [-0.2, -0.15) is 0 Å². The SMILES string of the molecule is Cc1cnc2[nH]c3cc(I)cc(N)c3c2c1. The van der Waals surface area contributed by atoms with Gasteiger partial charge in [-0.05, 0) is 53.3 Å². The average molecular weight is 323 g/mol. The third-order valence-corrected chi connectivity index (χ3v) is 3.30. The van der Waals surface area contributed by atoms with E-state index in [0.29, 0.717) is 0 Å². The summed E-state index contributed by atoms with van der Waals surface area (Å²) in [6.07, 6.45) is 1.86. The number of fused-ring (bicyclic) bond motifs is 3. The fraction of sp³-hybridized carbons (Fsp3) is 0.0833. The van der Waals surface area contributed by atoms with Crippen LogP contribution in [0.4, 0.5) is 5.69 Å². The van der Waals surface area contributed by atoms with Crippen LogP contribution in [0, 0.1) is 10.5 Å². The van der Waals surface area contributed by atoms with Crippen LogP contribution in [0.2, 0.25) is 0 Å². The van der Waals surface area contributed by atoms with Crippen LogP contribution in [0.15, 0.2) is 24.4 Å². The number of nitrogens with two attached hydrogens (primary N) is 1. The minimum atomic E-state index is 0.806. The standard InChI is InChI=1S/C12H10IN3/c1-6-2-8-11-9(14)3-7(13)4-10(11)16-12(8)15-5-6/h2-5H,14H2,1H3,(H,15,16). The van der Waals surface area contributed by atoms with E-state index in [9.17, 15) is 0 Å². The molecule has 1 aromatic carbocycles. The second-order valence-electron chi connectivity index (χ2n) is 3.95. The molecular formula is C12H10IN3. The molecule has 0 saturated carbocycles. The van der Waals surface area contributed by atoms with Gasteiger partial charge in [0.1, 0.15) is 5.65 Å². The number of rotatable bonds is 0. The van der Waals surface area contributed by atoms with E-state index in [1.54, 1.807) is 0 Å². The summed E-state index contributed by atoms with van der Waals surface area (Å²) in [5.74, 6) is 0. The maximum absolute atomic E-state index is 6.07. The zero-order valence-electron chi connectivity index (χ0n) is 8.71. The van der Waals surface area contributed by atoms with E-state index < -0.39 is 0 Å². The van der Waals surface area contributed by atoms with Crippen molar-refractivity contribution < 1.29 is 0 Å². The van der Waals surface area contributed by atoms with Gasteiger partial charge in [0, 0.05) is 26.2 Å². The second kappa shape index (κ2) is 3.35. The van der Waals surface area contributed by atoms with Crippen LogP contribution in [-0.4, -0.2) is 9.97 Å². The molecule has 0 saturated heterocycles. The van der Waals surface area contributed by atoms with Gasteiger partial charge in [-0.1, -0.05) is 0 Å². The molecule has 4 heteroatoms. The number of anilines is 1. The molecule has 3 rings (SSSR count). The monoisotopic (exact) mass is 323 g/mol. The summed E-state index contributed by atoms with van der Waals surface area (Å²) in [6.45, 7) is 2.04. The second-order valence-corrected chi connectivity index (χ2v) is 5.20. The molecule has 3 N–H and O–H groups in total. The Labute approximate surface area is 106 Å². The van der Waals surface area contributed by atoms with E-state index in [1.807, 2.05) is 19.2 Å². The number of hydrogen-bond acceptors (Lipinski definition) is 2. The van der Waals surface area contributed by atoms with E-state index in [2.05, 4.69) is 44.7 Å². The molecule has 0 aliphatic rings. The average Bonchev–Trinajstić information content (AvgIpc) is 2.54. The van der Waals surface area contributed by atoms with Crippen molar-refractivity contribution >= 4 is 50.2 Å². The number of nitrogen functional groups attached to an aromatic ring is 1. The Bertz CT molecular complexity index is 700. The molecule has 0 aliphatic carbocycles. The zero-order chi connectivity index (χ0) is 11.3. The Kier molecular flexibility index (Phi) is 2.07. The van der Waals surface area contributed by atoms with Gasteiger partial charge in [0.25, 0.3) is 0 Å². The van der Waals surface area contributed by atoms with Crippen LogP contribution in [0.1, 0.15) is 5.56 Å². The maximum Gasteiger partial charge on any atom is 0.138 e. The van der Waals surface area contributed by atoms with Gasteiger partial charge in [-0.15, -0.1) is 0 Å². The van der Waals surface area contributed by atoms with Gasteiger partial charge in [0.05, 0.1) is 5.52 Å². The van der Waals surface area contributed by atoms with Crippen LogP contribution in [0.3, 0.4) is 0 Å². The molecular weight excluding hydrogens is 313 g/mol. The first-order chi connectivity index (χ1) is 7.65. The van der Waals surface area contributed by atoms with Crippen molar-refractivity contribution in [1.29, 1.82) is 0 Å². The first-order valence-corrected chi connectivity index (χ1v) is 6.06. The van der Waals surface area contributed by atoms with Crippen LogP contribution in [0.5, 0.6) is 0 Å². The molecule has 0 unspecified atom stereocenters. The highest BCUT2D eigenvalue weighted by Crippen LogP contribution is 2.31. The predicted octanol–water partition coefficient (Wildman–Crippen LogP) is 3.21. The van der Waals surface area contributed by atoms with Crippen LogP contribution in [0.25, 0.3) is 21.9 Å². The fourth-order valence-electron chi connectivity index (χ4n) is 2.01. The van der Waals surface area contributed by atoms with Crippen molar-refractivity contribution in [2.24, 2.45) is 0 Å². The van der Waals surface area contributed by atoms with Crippen molar-refractivity contribution in [3.8, 4) is 0 Å². The van der Waals surface area contributed by atoms with Crippen LogP contribution < -0.4 is 5.73 Å². The van der Waals surface area contributed by atoms with E-state index in [-0.39, 0.29) is 0 Å². The third-order valence-electron chi connectivity index (χ3n) is 2.68. The molecule has 2 heterocycles. The van der Waals surface area contributed by atoms with E-state index >= 15 is 0 Å². The summed E-state index contributed by atoms with van der Waals surface area (Å²) in [6, 6.07) is 6.19. The summed E-state index contributed by atoms with van der Waals surface area (Å²) in [4.78, 5) is 7.67. The number of hydrogen-bond donors (Lipinski definition) is 2. The maximum atomic E-state index is 6.07. The van der Waals surface area contributed by atoms with Crippen LogP contribution >= 0.6 is 22.6 Å². The summed E-state index contributed by atoms with van der Waals surface area (Å²) >= 11 is 2.26. The highest BCUT2D eigenvalue weighted by Gasteiger charge is 2.09. The topological polar surface area (TPSA) is 54.7 Å². The zero-order valence-corrected chi connectivity index (χ0v) is 10.9. The summed E-state index contributed by atoms with van der Waals surface area (Å²) in [7, 11) is 0. The predicted molar refractivity (Wildman–Crippen MR) is 75.5 cm³/mol. The Balaban J connectivity index is 2.57. The Morgan fingerprint density at radius 2 is 2.12 bits per heavy atom. The lowest BCUT2D eigenvalue weighted by Crippen LogP contribution is -1.86. The van der Waals surface area contributed by atoms with E-state index in [4.69, 9.17) is 5.73 Å². The molecule has 3 aromatic rings. The van der Waals surface area contributed by atoms with Gasteiger partial charge in [-0.25, -0.2) is 4.98 Å². The van der Waals surface area contributed by atoms with Crippen LogP contribution in [-0.2, 0) is 0 Å². The minimum absolute atomic E-state index is 0.806. The molecule has 0 atom stereocenters.